The van der Waals surface area contributed by atoms with Crippen LogP contribution in [0.5, 0.6) is 0 Å². The van der Waals surface area contributed by atoms with E-state index in [1.807, 2.05) is 0 Å². The van der Waals surface area contributed by atoms with Crippen molar-refractivity contribution in [2.24, 2.45) is 7.05 Å². The number of aryl methyl sites for hydroxylation is 1. The Balaban J connectivity index is 2.65. The van der Waals surface area contributed by atoms with E-state index in [1.165, 1.54) is 4.68 Å². The number of rotatable bonds is 2. The van der Waals surface area contributed by atoms with Crippen LogP contribution in [0.15, 0.2) is 24.3 Å². The fourth-order valence-corrected chi connectivity index (χ4v) is 1.71. The van der Waals surface area contributed by atoms with Crippen molar-refractivity contribution in [3.8, 4) is 11.1 Å². The van der Waals surface area contributed by atoms with Gasteiger partial charge >= 0.3 is 5.97 Å². The highest BCUT2D eigenvalue weighted by Crippen LogP contribution is 2.30. The molecular weight excluding hydrogens is 242 g/mol. The van der Waals surface area contributed by atoms with Crippen LogP contribution in [0.4, 0.5) is 5.82 Å². The third-order valence-electron chi connectivity index (χ3n) is 2.43. The molecule has 2 rings (SSSR count). The van der Waals surface area contributed by atoms with Crippen molar-refractivity contribution < 1.29 is 9.90 Å². The molecule has 2 aromatic rings. The maximum absolute atomic E-state index is 11.1. The van der Waals surface area contributed by atoms with E-state index in [1.54, 1.807) is 31.3 Å². The maximum Gasteiger partial charge on any atom is 0.357 e. The van der Waals surface area contributed by atoms with Gasteiger partial charge in [-0.05, 0) is 17.7 Å². The number of hydrogen-bond acceptors (Lipinski definition) is 3. The third kappa shape index (κ3) is 1.97. The van der Waals surface area contributed by atoms with Gasteiger partial charge in [-0.25, -0.2) is 4.79 Å². The number of halogens is 1. The molecule has 0 radical (unpaired) electrons. The summed E-state index contributed by atoms with van der Waals surface area (Å²) in [6, 6.07) is 6.77. The van der Waals surface area contributed by atoms with Crippen molar-refractivity contribution in [3.63, 3.8) is 0 Å². The third-order valence-corrected chi connectivity index (χ3v) is 2.68. The van der Waals surface area contributed by atoms with Crippen LogP contribution in [0.2, 0.25) is 5.02 Å². The molecule has 0 saturated heterocycles. The second kappa shape index (κ2) is 4.10. The smallest absolute Gasteiger partial charge is 0.357 e. The number of nitrogen functional groups attached to an aromatic ring is 1. The zero-order valence-electron chi connectivity index (χ0n) is 9.01. The van der Waals surface area contributed by atoms with Crippen molar-refractivity contribution in [1.82, 2.24) is 9.78 Å². The molecule has 1 aromatic carbocycles. The Labute approximate surface area is 102 Å². The quantitative estimate of drug-likeness (QED) is 0.856. The Morgan fingerprint density at radius 3 is 2.53 bits per heavy atom. The summed E-state index contributed by atoms with van der Waals surface area (Å²) >= 11 is 5.78. The summed E-state index contributed by atoms with van der Waals surface area (Å²) in [6.45, 7) is 0. The molecular formula is C11H10ClN3O2. The normalized spacial score (nSPS) is 10.5. The van der Waals surface area contributed by atoms with Gasteiger partial charge < -0.3 is 10.8 Å². The van der Waals surface area contributed by atoms with Crippen molar-refractivity contribution in [1.29, 1.82) is 0 Å². The van der Waals surface area contributed by atoms with Crippen LogP contribution < -0.4 is 5.73 Å². The molecule has 0 bridgehead atoms. The van der Waals surface area contributed by atoms with Crippen LogP contribution in [-0.4, -0.2) is 20.9 Å². The lowest BCUT2D eigenvalue weighted by Crippen LogP contribution is -2.00. The number of anilines is 1. The van der Waals surface area contributed by atoms with Gasteiger partial charge in [0.1, 0.15) is 5.82 Å². The zero-order chi connectivity index (χ0) is 12.6. The molecule has 0 atom stereocenters. The summed E-state index contributed by atoms with van der Waals surface area (Å²) in [5.74, 6) is -0.799. The first kappa shape index (κ1) is 11.5. The van der Waals surface area contributed by atoms with E-state index in [0.29, 0.717) is 22.0 Å². The molecule has 0 saturated carbocycles. The molecule has 1 heterocycles. The van der Waals surface area contributed by atoms with Crippen LogP contribution in [0.25, 0.3) is 11.1 Å². The van der Waals surface area contributed by atoms with Gasteiger partial charge in [0, 0.05) is 12.1 Å². The molecule has 17 heavy (non-hydrogen) atoms. The number of aromatic carboxylic acids is 1. The molecule has 0 amide bonds. The molecule has 0 spiro atoms. The first-order valence-corrected chi connectivity index (χ1v) is 5.20. The van der Waals surface area contributed by atoms with Gasteiger partial charge in [0.05, 0.1) is 5.56 Å². The van der Waals surface area contributed by atoms with Crippen LogP contribution in [0.3, 0.4) is 0 Å². The number of carbonyl (C=O) groups is 1. The standard InChI is InChI=1S/C11H10ClN3O2/c1-15-10(13)8(9(14-15)11(16)17)6-2-4-7(12)5-3-6/h2-5H,13H2,1H3,(H,16,17). The molecule has 0 aliphatic carbocycles. The predicted molar refractivity (Wildman–Crippen MR) is 65.0 cm³/mol. The number of nitrogens with two attached hydrogens (primary N) is 1. The minimum atomic E-state index is -1.11. The first-order valence-electron chi connectivity index (χ1n) is 4.82. The van der Waals surface area contributed by atoms with Crippen molar-refractivity contribution in [3.05, 3.63) is 35.0 Å². The van der Waals surface area contributed by atoms with Crippen LogP contribution in [-0.2, 0) is 7.05 Å². The van der Waals surface area contributed by atoms with Gasteiger partial charge in [0.15, 0.2) is 5.69 Å². The second-order valence-electron chi connectivity index (χ2n) is 3.54. The van der Waals surface area contributed by atoms with Crippen LogP contribution in [0.1, 0.15) is 10.5 Å². The number of hydrogen-bond donors (Lipinski definition) is 2. The first-order chi connectivity index (χ1) is 8.00. The van der Waals surface area contributed by atoms with E-state index in [0.717, 1.165) is 0 Å². The van der Waals surface area contributed by atoms with Gasteiger partial charge in [0.2, 0.25) is 0 Å². The van der Waals surface area contributed by atoms with Gasteiger partial charge in [-0.2, -0.15) is 5.10 Å². The van der Waals surface area contributed by atoms with E-state index in [4.69, 9.17) is 22.4 Å². The minimum absolute atomic E-state index is 0.0627. The van der Waals surface area contributed by atoms with Gasteiger partial charge in [-0.3, -0.25) is 4.68 Å². The highest BCUT2D eigenvalue weighted by atomic mass is 35.5. The Hall–Kier alpha value is -2.01. The average molecular weight is 252 g/mol. The number of aromatic nitrogens is 2. The number of carboxylic acid groups (broad SMARTS) is 1. The lowest BCUT2D eigenvalue weighted by molar-refractivity contribution is 0.0690. The summed E-state index contributed by atoms with van der Waals surface area (Å²) in [7, 11) is 1.60. The lowest BCUT2D eigenvalue weighted by atomic mass is 10.1. The molecule has 1 aromatic heterocycles. The topological polar surface area (TPSA) is 81.1 Å². The Morgan fingerprint density at radius 1 is 1.41 bits per heavy atom. The SMILES string of the molecule is Cn1nc(C(=O)O)c(-c2ccc(Cl)cc2)c1N. The van der Waals surface area contributed by atoms with Crippen LogP contribution in [0, 0.1) is 0 Å². The number of nitrogens with zero attached hydrogens (tertiary/aromatic N) is 2. The molecule has 0 fully saturated rings. The number of benzene rings is 1. The summed E-state index contributed by atoms with van der Waals surface area (Å²) < 4.78 is 1.34. The van der Waals surface area contributed by atoms with Crippen LogP contribution >= 0.6 is 11.6 Å². The fraction of sp³-hybridized carbons (Fsp3) is 0.0909. The molecule has 0 unspecified atom stereocenters. The lowest BCUT2D eigenvalue weighted by Gasteiger charge is -2.02. The summed E-state index contributed by atoms with van der Waals surface area (Å²) in [5, 5.41) is 13.5. The molecule has 0 aliphatic heterocycles. The number of carboxylic acids is 1. The Bertz CT molecular complexity index is 575. The monoisotopic (exact) mass is 251 g/mol. The summed E-state index contributed by atoms with van der Waals surface area (Å²) in [6.07, 6.45) is 0. The van der Waals surface area contributed by atoms with Crippen molar-refractivity contribution in [2.75, 3.05) is 5.73 Å². The predicted octanol–water partition coefficient (Wildman–Crippen LogP) is 2.02. The fourth-order valence-electron chi connectivity index (χ4n) is 1.59. The summed E-state index contributed by atoms with van der Waals surface area (Å²) in [4.78, 5) is 11.1. The second-order valence-corrected chi connectivity index (χ2v) is 3.98. The van der Waals surface area contributed by atoms with Crippen molar-refractivity contribution in [2.45, 2.75) is 0 Å². The largest absolute Gasteiger partial charge is 0.476 e. The van der Waals surface area contributed by atoms with E-state index < -0.39 is 5.97 Å². The van der Waals surface area contributed by atoms with Gasteiger partial charge in [0.25, 0.3) is 0 Å². The van der Waals surface area contributed by atoms with E-state index >= 15 is 0 Å². The molecule has 88 valence electrons. The van der Waals surface area contributed by atoms with Crippen molar-refractivity contribution >= 4 is 23.4 Å². The molecule has 0 aliphatic rings. The maximum atomic E-state index is 11.1. The zero-order valence-corrected chi connectivity index (χ0v) is 9.77. The highest BCUT2D eigenvalue weighted by molar-refractivity contribution is 6.30. The Kier molecular flexibility index (Phi) is 2.77. The van der Waals surface area contributed by atoms with Gasteiger partial charge in [-0.1, -0.05) is 23.7 Å². The molecule has 6 heteroatoms. The molecule has 5 nitrogen and oxygen atoms in total. The average Bonchev–Trinajstić information content (AvgIpc) is 2.57. The molecule has 3 N–H and O–H groups in total. The van der Waals surface area contributed by atoms with E-state index in [-0.39, 0.29) is 5.69 Å². The van der Waals surface area contributed by atoms with E-state index in [2.05, 4.69) is 5.10 Å². The Morgan fingerprint density at radius 2 is 2.00 bits per heavy atom. The van der Waals surface area contributed by atoms with E-state index in [9.17, 15) is 4.79 Å². The van der Waals surface area contributed by atoms with Gasteiger partial charge in [-0.15, -0.1) is 0 Å². The minimum Gasteiger partial charge on any atom is -0.476 e. The summed E-state index contributed by atoms with van der Waals surface area (Å²) in [5.41, 5.74) is 6.84. The highest BCUT2D eigenvalue weighted by Gasteiger charge is 2.20.